The Bertz CT molecular complexity index is 64.0. The summed E-state index contributed by atoms with van der Waals surface area (Å²) in [7, 11) is 3.55. The summed E-state index contributed by atoms with van der Waals surface area (Å²) in [6, 6.07) is 0. The van der Waals surface area contributed by atoms with Crippen molar-refractivity contribution in [3.05, 3.63) is 0 Å². The van der Waals surface area contributed by atoms with E-state index in [1.54, 1.807) is 28.5 Å². The first-order valence-electron chi connectivity index (χ1n) is 2.47. The molecule has 0 radical (unpaired) electrons. The van der Waals surface area contributed by atoms with E-state index in [4.69, 9.17) is 5.11 Å². The number of carbonyl (C=O) groups is 1. The Kier molecular flexibility index (Phi) is 14.6. The van der Waals surface area contributed by atoms with Gasteiger partial charge in [-0.05, 0) is 12.5 Å². The Morgan fingerprint density at radius 2 is 1.67 bits per heavy atom. The Morgan fingerprint density at radius 1 is 1.44 bits per heavy atom. The van der Waals surface area contributed by atoms with Crippen molar-refractivity contribution in [2.45, 2.75) is 13.3 Å². The molecule has 4 heteroatoms. The number of rotatable bonds is 2. The van der Waals surface area contributed by atoms with E-state index in [2.05, 4.69) is 12.5 Å². The van der Waals surface area contributed by atoms with Crippen molar-refractivity contribution < 1.29 is 9.90 Å². The Labute approximate surface area is 63.8 Å². The number of hydrogen-bond acceptors (Lipinski definition) is 3. The summed E-state index contributed by atoms with van der Waals surface area (Å²) in [5.41, 5.74) is 0. The summed E-state index contributed by atoms with van der Waals surface area (Å²) in [6.07, 6.45) is 4.34. The zero-order valence-electron chi connectivity index (χ0n) is 5.88. The van der Waals surface area contributed by atoms with E-state index in [0.717, 1.165) is 0 Å². The van der Waals surface area contributed by atoms with Gasteiger partial charge in [-0.1, -0.05) is 28.5 Å². The molecule has 56 valence electrons. The quantitative estimate of drug-likeness (QED) is 0.641. The van der Waals surface area contributed by atoms with E-state index >= 15 is 0 Å². The van der Waals surface area contributed by atoms with E-state index in [-0.39, 0.29) is 6.42 Å². The highest BCUT2D eigenvalue weighted by atomic mass is 33.1. The van der Waals surface area contributed by atoms with Crippen molar-refractivity contribution >= 4 is 27.6 Å². The van der Waals surface area contributed by atoms with Gasteiger partial charge in [0, 0.05) is 6.42 Å². The van der Waals surface area contributed by atoms with Crippen molar-refractivity contribution in [1.82, 2.24) is 0 Å². The van der Waals surface area contributed by atoms with Crippen LogP contribution in [-0.4, -0.2) is 23.6 Å². The molecule has 0 saturated heterocycles. The summed E-state index contributed by atoms with van der Waals surface area (Å²) < 4.78 is 0. The molecule has 0 spiro atoms. The maximum atomic E-state index is 9.37. The van der Waals surface area contributed by atoms with Gasteiger partial charge in [0.15, 0.2) is 0 Å². The summed E-state index contributed by atoms with van der Waals surface area (Å²) in [5.74, 6) is -0.745. The largest absolute Gasteiger partial charge is 0.481 e. The first-order chi connectivity index (χ1) is 4.18. The molecular formula is C5H12O2S2. The molecule has 0 aromatic carbocycles. The molecule has 0 aliphatic carbocycles. The molecule has 0 aliphatic heterocycles. The molecule has 0 atom stereocenters. The maximum absolute atomic E-state index is 9.37. The molecule has 9 heavy (non-hydrogen) atoms. The highest BCUT2D eigenvalue weighted by Crippen LogP contribution is 2.09. The van der Waals surface area contributed by atoms with Crippen LogP contribution in [0.15, 0.2) is 0 Å². The van der Waals surface area contributed by atoms with Gasteiger partial charge in [-0.3, -0.25) is 4.79 Å². The van der Waals surface area contributed by atoms with Crippen molar-refractivity contribution in [3.8, 4) is 0 Å². The molecular weight excluding hydrogens is 156 g/mol. The first kappa shape index (κ1) is 11.9. The SMILES string of the molecule is CCC(=O)O.CSSC. The normalized spacial score (nSPS) is 7.44. The predicted octanol–water partition coefficient (Wildman–Crippen LogP) is 2.11. The zero-order valence-corrected chi connectivity index (χ0v) is 7.51. The fraction of sp³-hybridized carbons (Fsp3) is 0.800. The molecule has 0 heterocycles. The lowest BCUT2D eigenvalue weighted by atomic mass is 10.5. The summed E-state index contributed by atoms with van der Waals surface area (Å²) in [6.45, 7) is 1.60. The molecule has 0 bridgehead atoms. The summed E-state index contributed by atoms with van der Waals surface area (Å²) in [5, 5.41) is 7.72. The molecule has 1 N–H and O–H groups in total. The van der Waals surface area contributed by atoms with E-state index in [9.17, 15) is 4.79 Å². The van der Waals surface area contributed by atoms with Gasteiger partial charge in [-0.15, -0.1) is 0 Å². The third-order valence-electron chi connectivity index (χ3n) is 0.469. The number of carboxylic acids is 1. The average Bonchev–Trinajstić information content (AvgIpc) is 1.89. The van der Waals surface area contributed by atoms with Gasteiger partial charge in [0.25, 0.3) is 0 Å². The van der Waals surface area contributed by atoms with Crippen LogP contribution in [0.3, 0.4) is 0 Å². The molecule has 0 rings (SSSR count). The minimum absolute atomic E-state index is 0.222. The molecule has 2 nitrogen and oxygen atoms in total. The van der Waals surface area contributed by atoms with Crippen LogP contribution in [0.4, 0.5) is 0 Å². The van der Waals surface area contributed by atoms with E-state index in [1.165, 1.54) is 0 Å². The second-order valence-electron chi connectivity index (χ2n) is 1.08. The summed E-state index contributed by atoms with van der Waals surface area (Å²) >= 11 is 0. The minimum atomic E-state index is -0.745. The van der Waals surface area contributed by atoms with Crippen molar-refractivity contribution in [1.29, 1.82) is 0 Å². The van der Waals surface area contributed by atoms with Crippen LogP contribution in [0.1, 0.15) is 13.3 Å². The number of hydrogen-bond donors (Lipinski definition) is 1. The molecule has 0 amide bonds. The lowest BCUT2D eigenvalue weighted by Crippen LogP contribution is -1.86. The van der Waals surface area contributed by atoms with Gasteiger partial charge in [0.1, 0.15) is 0 Å². The highest BCUT2D eigenvalue weighted by molar-refractivity contribution is 8.76. The zero-order chi connectivity index (χ0) is 7.70. The number of carboxylic acid groups (broad SMARTS) is 1. The lowest BCUT2D eigenvalue weighted by molar-refractivity contribution is -0.136. The second-order valence-corrected chi connectivity index (χ2v) is 3.75. The van der Waals surface area contributed by atoms with E-state index in [1.807, 2.05) is 0 Å². The van der Waals surface area contributed by atoms with Crippen molar-refractivity contribution in [2.75, 3.05) is 12.5 Å². The van der Waals surface area contributed by atoms with Crippen LogP contribution in [0.25, 0.3) is 0 Å². The molecule has 0 unspecified atom stereocenters. The van der Waals surface area contributed by atoms with Crippen LogP contribution < -0.4 is 0 Å². The van der Waals surface area contributed by atoms with Gasteiger partial charge in [-0.2, -0.15) is 0 Å². The Hall–Kier alpha value is 0.170. The van der Waals surface area contributed by atoms with Gasteiger partial charge in [0.2, 0.25) is 0 Å². The molecule has 0 aromatic rings. The fourth-order valence-corrected chi connectivity index (χ4v) is 0. The molecule has 0 fully saturated rings. The first-order valence-corrected chi connectivity index (χ1v) is 5.44. The van der Waals surface area contributed by atoms with Gasteiger partial charge in [-0.25, -0.2) is 0 Å². The van der Waals surface area contributed by atoms with Crippen LogP contribution >= 0.6 is 21.6 Å². The Morgan fingerprint density at radius 3 is 1.67 bits per heavy atom. The average molecular weight is 168 g/mol. The van der Waals surface area contributed by atoms with Crippen LogP contribution in [0.2, 0.25) is 0 Å². The van der Waals surface area contributed by atoms with Crippen LogP contribution in [-0.2, 0) is 4.79 Å². The van der Waals surface area contributed by atoms with Gasteiger partial charge >= 0.3 is 5.97 Å². The van der Waals surface area contributed by atoms with E-state index < -0.39 is 5.97 Å². The predicted molar refractivity (Wildman–Crippen MR) is 45.0 cm³/mol. The molecule has 0 aliphatic rings. The summed E-state index contributed by atoms with van der Waals surface area (Å²) in [4.78, 5) is 9.37. The second kappa shape index (κ2) is 11.0. The Balaban J connectivity index is 0. The van der Waals surface area contributed by atoms with E-state index in [0.29, 0.717) is 0 Å². The van der Waals surface area contributed by atoms with Crippen LogP contribution in [0, 0.1) is 0 Å². The van der Waals surface area contributed by atoms with Crippen LogP contribution in [0.5, 0.6) is 0 Å². The van der Waals surface area contributed by atoms with Crippen molar-refractivity contribution in [2.24, 2.45) is 0 Å². The minimum Gasteiger partial charge on any atom is -0.481 e. The monoisotopic (exact) mass is 168 g/mol. The fourth-order valence-electron chi connectivity index (χ4n) is 0. The number of aliphatic carboxylic acids is 1. The molecule has 0 saturated carbocycles. The highest BCUT2D eigenvalue weighted by Gasteiger charge is 1.80. The molecule has 0 aromatic heterocycles. The maximum Gasteiger partial charge on any atom is 0.303 e. The third-order valence-corrected chi connectivity index (χ3v) is 1.80. The third kappa shape index (κ3) is 31.0. The standard InChI is InChI=1S/C3H6O2.C2H6S2/c1-2-3(4)5;1-3-4-2/h2H2,1H3,(H,4,5);1-2H3. The smallest absolute Gasteiger partial charge is 0.303 e. The van der Waals surface area contributed by atoms with Gasteiger partial charge in [0.05, 0.1) is 0 Å². The van der Waals surface area contributed by atoms with Crippen molar-refractivity contribution in [3.63, 3.8) is 0 Å². The van der Waals surface area contributed by atoms with Gasteiger partial charge < -0.3 is 5.11 Å². The lowest BCUT2D eigenvalue weighted by Gasteiger charge is -1.71. The topological polar surface area (TPSA) is 37.3 Å².